The van der Waals surface area contributed by atoms with Crippen molar-refractivity contribution in [2.45, 2.75) is 19.9 Å². The second kappa shape index (κ2) is 10.9. The summed E-state index contributed by atoms with van der Waals surface area (Å²) in [7, 11) is 2.15. The number of hydrogen-bond donors (Lipinski definition) is 2. The average Bonchev–Trinajstić information content (AvgIpc) is 2.73. The molecule has 0 unspecified atom stereocenters. The number of rotatable bonds is 8. The highest BCUT2D eigenvalue weighted by atomic mass is 16.3. The Kier molecular flexibility index (Phi) is 7.99. The fraction of sp³-hybridized carbons (Fsp3) is 0.417. The fourth-order valence-corrected chi connectivity index (χ4v) is 3.53. The van der Waals surface area contributed by atoms with E-state index in [9.17, 15) is 10.2 Å². The molecule has 6 nitrogen and oxygen atoms in total. The van der Waals surface area contributed by atoms with Gasteiger partial charge < -0.3 is 15.1 Å². The molecule has 0 aromatic heterocycles. The molecule has 2 N–H and O–H groups in total. The normalized spacial score (nSPS) is 16.1. The van der Waals surface area contributed by atoms with E-state index in [1.807, 2.05) is 18.2 Å². The molecule has 3 rings (SSSR count). The predicted molar refractivity (Wildman–Crippen MR) is 123 cm³/mol. The molecule has 1 fully saturated rings. The highest BCUT2D eigenvalue weighted by Crippen LogP contribution is 2.25. The van der Waals surface area contributed by atoms with Crippen molar-refractivity contribution in [2.24, 2.45) is 9.98 Å². The SMILES string of the molecule is Cc1cc(C=NCCCN=Cc2ccccc2O)c(O)c(CN2CCN(C)CC2)c1. The fourth-order valence-electron chi connectivity index (χ4n) is 3.53. The van der Waals surface area contributed by atoms with Crippen LogP contribution in [0.1, 0.15) is 28.7 Å². The van der Waals surface area contributed by atoms with Crippen LogP contribution in [-0.4, -0.2) is 78.8 Å². The van der Waals surface area contributed by atoms with Gasteiger partial charge in [0.2, 0.25) is 0 Å². The molecule has 1 aliphatic rings. The number of likely N-dealkylation sites (N-methyl/N-ethyl adjacent to an activating group) is 1. The van der Waals surface area contributed by atoms with Crippen LogP contribution in [0.3, 0.4) is 0 Å². The van der Waals surface area contributed by atoms with Gasteiger partial charge >= 0.3 is 0 Å². The van der Waals surface area contributed by atoms with E-state index >= 15 is 0 Å². The third-order valence-electron chi connectivity index (χ3n) is 5.32. The van der Waals surface area contributed by atoms with Gasteiger partial charge in [-0.2, -0.15) is 0 Å². The summed E-state index contributed by atoms with van der Waals surface area (Å²) < 4.78 is 0. The maximum absolute atomic E-state index is 10.7. The summed E-state index contributed by atoms with van der Waals surface area (Å²) in [6, 6.07) is 11.2. The summed E-state index contributed by atoms with van der Waals surface area (Å²) >= 11 is 0. The van der Waals surface area contributed by atoms with Crippen LogP contribution in [0.25, 0.3) is 0 Å². The third-order valence-corrected chi connectivity index (χ3v) is 5.32. The van der Waals surface area contributed by atoms with Crippen LogP contribution in [0.4, 0.5) is 0 Å². The summed E-state index contributed by atoms with van der Waals surface area (Å²) in [5.41, 5.74) is 3.59. The van der Waals surface area contributed by atoms with Crippen molar-refractivity contribution in [3.05, 3.63) is 58.7 Å². The van der Waals surface area contributed by atoms with E-state index in [1.165, 1.54) is 0 Å². The lowest BCUT2D eigenvalue weighted by molar-refractivity contribution is 0.147. The number of para-hydroxylation sites is 1. The van der Waals surface area contributed by atoms with Crippen molar-refractivity contribution in [2.75, 3.05) is 46.3 Å². The minimum absolute atomic E-state index is 0.238. The largest absolute Gasteiger partial charge is 0.507 e. The van der Waals surface area contributed by atoms with Crippen LogP contribution >= 0.6 is 0 Å². The van der Waals surface area contributed by atoms with Gasteiger partial charge in [-0.1, -0.05) is 18.2 Å². The van der Waals surface area contributed by atoms with Gasteiger partial charge in [0.15, 0.2) is 0 Å². The lowest BCUT2D eigenvalue weighted by Gasteiger charge is -2.32. The lowest BCUT2D eigenvalue weighted by atomic mass is 10.0. The van der Waals surface area contributed by atoms with Gasteiger partial charge in [0.1, 0.15) is 11.5 Å². The standard InChI is InChI=1S/C24H32N4O2/c1-19-14-21(24(30)22(15-19)18-28-12-10-27(2)11-13-28)17-26-9-5-8-25-16-20-6-3-4-7-23(20)29/h3-4,6-7,14-17,29-30H,5,8-13,18H2,1-2H3. The zero-order chi connectivity index (χ0) is 21.3. The molecule has 0 aliphatic carbocycles. The molecule has 6 heteroatoms. The van der Waals surface area contributed by atoms with Crippen molar-refractivity contribution >= 4 is 12.4 Å². The number of phenolic OH excluding ortho intramolecular Hbond substituents is 2. The second-order valence-corrected chi connectivity index (χ2v) is 7.92. The van der Waals surface area contributed by atoms with Crippen LogP contribution in [0.5, 0.6) is 11.5 Å². The first-order valence-electron chi connectivity index (χ1n) is 10.5. The quantitative estimate of drug-likeness (QED) is 0.520. The summed E-state index contributed by atoms with van der Waals surface area (Å²) in [6.45, 7) is 8.27. The maximum Gasteiger partial charge on any atom is 0.128 e. The van der Waals surface area contributed by atoms with Gasteiger partial charge in [-0.15, -0.1) is 0 Å². The van der Waals surface area contributed by atoms with Crippen molar-refractivity contribution in [1.82, 2.24) is 9.80 Å². The minimum Gasteiger partial charge on any atom is -0.507 e. The number of aliphatic imine (C=N–C) groups is 2. The predicted octanol–water partition coefficient (Wildman–Crippen LogP) is 3.08. The molecule has 0 saturated carbocycles. The summed E-state index contributed by atoms with van der Waals surface area (Å²) in [6.07, 6.45) is 4.26. The molecule has 0 amide bonds. The highest BCUT2D eigenvalue weighted by molar-refractivity contribution is 5.84. The van der Waals surface area contributed by atoms with Crippen LogP contribution < -0.4 is 0 Å². The van der Waals surface area contributed by atoms with Crippen LogP contribution in [0.15, 0.2) is 46.4 Å². The molecule has 2 aromatic carbocycles. The first-order chi connectivity index (χ1) is 14.5. The number of hydrogen-bond acceptors (Lipinski definition) is 6. The number of nitrogens with zero attached hydrogens (tertiary/aromatic N) is 4. The Morgan fingerprint density at radius 1 is 0.933 bits per heavy atom. The van der Waals surface area contributed by atoms with E-state index in [4.69, 9.17) is 0 Å². The number of aryl methyl sites for hydroxylation is 1. The minimum atomic E-state index is 0.238. The van der Waals surface area contributed by atoms with Crippen LogP contribution in [0, 0.1) is 6.92 Å². The van der Waals surface area contributed by atoms with Gasteiger partial charge in [0.25, 0.3) is 0 Å². The van der Waals surface area contributed by atoms with E-state index in [0.717, 1.165) is 61.4 Å². The molecule has 30 heavy (non-hydrogen) atoms. The molecule has 160 valence electrons. The average molecular weight is 409 g/mol. The van der Waals surface area contributed by atoms with Gasteiger partial charge in [0, 0.05) is 74.9 Å². The monoisotopic (exact) mass is 408 g/mol. The van der Waals surface area contributed by atoms with Gasteiger partial charge in [0.05, 0.1) is 0 Å². The van der Waals surface area contributed by atoms with Gasteiger partial charge in [-0.25, -0.2) is 0 Å². The van der Waals surface area contributed by atoms with Gasteiger partial charge in [-0.05, 0) is 44.2 Å². The first-order valence-corrected chi connectivity index (χ1v) is 10.5. The number of piperazine rings is 1. The number of phenols is 2. The second-order valence-electron chi connectivity index (χ2n) is 7.92. The van der Waals surface area contributed by atoms with Crippen molar-refractivity contribution in [1.29, 1.82) is 0 Å². The molecular formula is C24H32N4O2. The number of benzene rings is 2. The molecule has 0 spiro atoms. The highest BCUT2D eigenvalue weighted by Gasteiger charge is 2.16. The Labute approximate surface area is 179 Å². The molecule has 0 atom stereocenters. The molecular weight excluding hydrogens is 376 g/mol. The van der Waals surface area contributed by atoms with Crippen LogP contribution in [0.2, 0.25) is 0 Å². The van der Waals surface area contributed by atoms with Crippen molar-refractivity contribution < 1.29 is 10.2 Å². The Hall–Kier alpha value is -2.70. The zero-order valence-corrected chi connectivity index (χ0v) is 18.0. The van der Waals surface area contributed by atoms with E-state index in [2.05, 4.69) is 39.8 Å². The molecule has 1 aliphatic heterocycles. The van der Waals surface area contributed by atoms with E-state index < -0.39 is 0 Å². The Balaban J connectivity index is 1.51. The van der Waals surface area contributed by atoms with Crippen LogP contribution in [-0.2, 0) is 6.54 Å². The zero-order valence-electron chi connectivity index (χ0n) is 18.0. The van der Waals surface area contributed by atoms with Crippen molar-refractivity contribution in [3.63, 3.8) is 0 Å². The Bertz CT molecular complexity index is 887. The van der Waals surface area contributed by atoms with Gasteiger partial charge in [-0.3, -0.25) is 14.9 Å². The Morgan fingerprint density at radius 2 is 1.60 bits per heavy atom. The summed E-state index contributed by atoms with van der Waals surface area (Å²) in [5.74, 6) is 0.572. The molecule has 1 saturated heterocycles. The summed E-state index contributed by atoms with van der Waals surface area (Å²) in [5, 5.41) is 20.4. The molecule has 1 heterocycles. The molecule has 2 aromatic rings. The van der Waals surface area contributed by atoms with E-state index in [0.29, 0.717) is 18.8 Å². The summed E-state index contributed by atoms with van der Waals surface area (Å²) in [4.78, 5) is 13.5. The van der Waals surface area contributed by atoms with E-state index in [-0.39, 0.29) is 5.75 Å². The lowest BCUT2D eigenvalue weighted by Crippen LogP contribution is -2.43. The topological polar surface area (TPSA) is 71.7 Å². The molecule has 0 bridgehead atoms. The Morgan fingerprint density at radius 3 is 2.30 bits per heavy atom. The smallest absolute Gasteiger partial charge is 0.128 e. The molecule has 0 radical (unpaired) electrons. The van der Waals surface area contributed by atoms with E-state index in [1.54, 1.807) is 24.6 Å². The maximum atomic E-state index is 10.7. The number of aromatic hydroxyl groups is 2. The third kappa shape index (κ3) is 6.40. The first kappa shape index (κ1) is 22.0. The van der Waals surface area contributed by atoms with Crippen molar-refractivity contribution in [3.8, 4) is 11.5 Å².